The van der Waals surface area contributed by atoms with Gasteiger partial charge in [-0.1, -0.05) is 0 Å². The van der Waals surface area contributed by atoms with Crippen LogP contribution in [0.2, 0.25) is 0 Å². The minimum Gasteiger partial charge on any atom is -0.386 e. The number of hydrogen-bond acceptors (Lipinski definition) is 14. The van der Waals surface area contributed by atoms with E-state index in [2.05, 4.69) is 20.4 Å². The fourth-order valence-electron chi connectivity index (χ4n) is 6.40. The lowest BCUT2D eigenvalue weighted by atomic mass is 10.1. The van der Waals surface area contributed by atoms with Crippen LogP contribution >= 0.6 is 14.9 Å². The Bertz CT molecular complexity index is 2070. The Kier molecular flexibility index (Phi) is 7.95. The van der Waals surface area contributed by atoms with E-state index in [9.17, 15) is 23.4 Å². The number of nitrogens with zero attached hydrogens (tertiary/aromatic N) is 4. The number of anilines is 1. The van der Waals surface area contributed by atoms with Crippen LogP contribution in [0.15, 0.2) is 35.8 Å². The third-order valence-corrected chi connectivity index (χ3v) is 10.6. The van der Waals surface area contributed by atoms with Gasteiger partial charge in [-0.25, -0.2) is 18.7 Å². The molecular formula is C25H24B2F2N6O11P2. The van der Waals surface area contributed by atoms with Gasteiger partial charge in [0.25, 0.3) is 20.5 Å². The Balaban J connectivity index is 1.08. The Morgan fingerprint density at radius 2 is 1.62 bits per heavy atom. The van der Waals surface area contributed by atoms with Crippen LogP contribution in [0.5, 0.6) is 0 Å². The van der Waals surface area contributed by atoms with Gasteiger partial charge >= 0.3 is 0 Å². The van der Waals surface area contributed by atoms with Crippen molar-refractivity contribution < 1.29 is 55.4 Å². The van der Waals surface area contributed by atoms with Crippen LogP contribution in [0.25, 0.3) is 22.1 Å². The summed E-state index contributed by atoms with van der Waals surface area (Å²) in [6.07, 6.45) is -7.24. The molecule has 3 fully saturated rings. The average molecular weight is 706 g/mol. The number of aromatic amines is 1. The van der Waals surface area contributed by atoms with Gasteiger partial charge in [0.1, 0.15) is 41.6 Å². The first-order chi connectivity index (χ1) is 22.9. The summed E-state index contributed by atoms with van der Waals surface area (Å²) in [6.45, 7) is -1.10. The first-order valence-corrected chi connectivity index (χ1v) is 17.8. The maximum absolute atomic E-state index is 16.3. The molecule has 0 aliphatic carbocycles. The topological polar surface area (TPSA) is 200 Å². The van der Waals surface area contributed by atoms with E-state index in [1.807, 2.05) is 0 Å². The van der Waals surface area contributed by atoms with Crippen LogP contribution in [0.3, 0.4) is 0 Å². The van der Waals surface area contributed by atoms with Gasteiger partial charge in [0.2, 0.25) is 15.1 Å². The average Bonchev–Trinajstić information content (AvgIpc) is 3.70. The quantitative estimate of drug-likeness (QED) is 0.201. The van der Waals surface area contributed by atoms with E-state index < -0.39 is 94.1 Å². The van der Waals surface area contributed by atoms with Crippen molar-refractivity contribution in [3.63, 3.8) is 0 Å². The second kappa shape index (κ2) is 11.8. The number of aliphatic hydroxyl groups is 1. The highest BCUT2D eigenvalue weighted by Gasteiger charge is 2.53. The lowest BCUT2D eigenvalue weighted by Crippen LogP contribution is -2.38. The van der Waals surface area contributed by atoms with Crippen molar-refractivity contribution in [1.82, 2.24) is 24.1 Å². The van der Waals surface area contributed by atoms with Crippen molar-refractivity contribution in [3.05, 3.63) is 52.7 Å². The van der Waals surface area contributed by atoms with Crippen molar-refractivity contribution in [3.8, 4) is 0 Å². The molecule has 0 saturated carbocycles. The van der Waals surface area contributed by atoms with Gasteiger partial charge in [0.15, 0.2) is 30.1 Å². The van der Waals surface area contributed by atoms with E-state index in [0.29, 0.717) is 29.7 Å². The van der Waals surface area contributed by atoms with Gasteiger partial charge in [-0.2, -0.15) is 0 Å². The molecule has 4 unspecified atom stereocenters. The lowest BCUT2D eigenvalue weighted by molar-refractivity contribution is -0.0557. The maximum Gasteiger partial charge on any atom is 0.264 e. The van der Waals surface area contributed by atoms with Crippen LogP contribution in [-0.4, -0.2) is 101 Å². The van der Waals surface area contributed by atoms with Crippen LogP contribution in [0.1, 0.15) is 18.0 Å². The molecule has 0 bridgehead atoms. The van der Waals surface area contributed by atoms with E-state index in [4.69, 9.17) is 47.5 Å². The van der Waals surface area contributed by atoms with E-state index in [1.54, 1.807) is 12.3 Å². The minimum atomic E-state index is -4.62. The molecule has 4 aliphatic rings. The summed E-state index contributed by atoms with van der Waals surface area (Å²) in [5, 5.41) is 11.5. The molecule has 17 nitrogen and oxygen atoms in total. The van der Waals surface area contributed by atoms with E-state index in [-0.39, 0.29) is 5.65 Å². The molecule has 3 N–H and O–H groups in total. The summed E-state index contributed by atoms with van der Waals surface area (Å²) in [4.78, 5) is 28.2. The van der Waals surface area contributed by atoms with Gasteiger partial charge in [-0.3, -0.25) is 24.2 Å². The molecule has 48 heavy (non-hydrogen) atoms. The summed E-state index contributed by atoms with van der Waals surface area (Å²) >= 11 is 0. The summed E-state index contributed by atoms with van der Waals surface area (Å²) in [7, 11) is 2.58. The minimum absolute atomic E-state index is 0.192. The van der Waals surface area contributed by atoms with Crippen molar-refractivity contribution in [2.24, 2.45) is 0 Å². The molecule has 23 heteroatoms. The van der Waals surface area contributed by atoms with Crippen LogP contribution in [0, 0.1) is 5.82 Å². The van der Waals surface area contributed by atoms with Crippen LogP contribution < -0.4 is 11.0 Å². The predicted octanol–water partition coefficient (Wildman–Crippen LogP) is 1.68. The number of ether oxygens (including phenoxy) is 2. The summed E-state index contributed by atoms with van der Waals surface area (Å²) in [5.41, 5.74) is 3.62. The second-order valence-corrected chi connectivity index (χ2v) is 14.6. The number of nitrogens with one attached hydrogen (secondary N) is 2. The molecule has 0 aromatic carbocycles. The summed E-state index contributed by atoms with van der Waals surface area (Å²) in [5.74, 6) is -0.967. The van der Waals surface area contributed by atoms with Crippen molar-refractivity contribution >= 4 is 57.8 Å². The normalized spacial score (nSPS) is 37.3. The molecule has 0 spiro atoms. The number of alkyl halides is 1. The highest BCUT2D eigenvalue weighted by Crippen LogP contribution is 2.54. The standard InChI is InChI=1S/C25H24B2F2N6O11P2/c26-47(38)42-8-14-20(18(36)25(44-14)35-6-11(28)16-22(35)31-9-32-23(16)37)46-48(27,39)41-7-13-19(45-47)17(29)24(43-13)34-5-10-2-4-40-33-12-1-3-30-21(34)15(10)12/h1,3,5-6,9,13-14,17-20,24-25,33,36H,2,4,7-8H2,(H,31,32,37)/t13-,14-,17+,18?,19?,20+,24-,25-,47?,48?/m1/s1. The number of H-pyrrole nitrogens is 1. The number of pyridine rings is 1. The highest BCUT2D eigenvalue weighted by atomic mass is 31.2. The molecule has 4 aromatic rings. The van der Waals surface area contributed by atoms with Gasteiger partial charge in [-0.15, -0.1) is 0 Å². The molecule has 0 amide bonds. The molecule has 3 saturated heterocycles. The first kappa shape index (κ1) is 32.3. The van der Waals surface area contributed by atoms with Crippen LogP contribution in [-0.2, 0) is 48.0 Å². The zero-order valence-corrected chi connectivity index (χ0v) is 26.2. The monoisotopic (exact) mass is 706 g/mol. The van der Waals surface area contributed by atoms with Crippen LogP contribution in [0.4, 0.5) is 14.5 Å². The number of rotatable bonds is 2. The Morgan fingerprint density at radius 3 is 2.40 bits per heavy atom. The highest BCUT2D eigenvalue weighted by molar-refractivity contribution is 7.79. The summed E-state index contributed by atoms with van der Waals surface area (Å²) < 4.78 is 93.9. The number of halogens is 2. The Morgan fingerprint density at radius 1 is 0.958 bits per heavy atom. The zero-order chi connectivity index (χ0) is 33.5. The van der Waals surface area contributed by atoms with E-state index >= 15 is 4.39 Å². The van der Waals surface area contributed by atoms with E-state index in [1.165, 1.54) is 10.8 Å². The lowest BCUT2D eigenvalue weighted by Gasteiger charge is -2.30. The van der Waals surface area contributed by atoms with Crippen molar-refractivity contribution in [2.45, 2.75) is 55.6 Å². The third-order valence-electron chi connectivity index (χ3n) is 8.52. The maximum atomic E-state index is 16.3. The van der Waals surface area contributed by atoms with Gasteiger partial charge in [0.05, 0.1) is 31.8 Å². The van der Waals surface area contributed by atoms with Gasteiger partial charge < -0.3 is 46.8 Å². The van der Waals surface area contributed by atoms with E-state index in [0.717, 1.165) is 22.7 Å². The largest absolute Gasteiger partial charge is 0.386 e. The third kappa shape index (κ3) is 5.46. The summed E-state index contributed by atoms with van der Waals surface area (Å²) in [6, 6.07) is 1.70. The van der Waals surface area contributed by atoms with Crippen molar-refractivity contribution in [2.75, 3.05) is 25.3 Å². The molecule has 4 aromatic heterocycles. The molecule has 250 valence electrons. The number of aliphatic hydroxyl groups excluding tert-OH is 1. The zero-order valence-electron chi connectivity index (χ0n) is 24.5. The fraction of sp³-hybridized carbons (Fsp3) is 0.480. The Hall–Kier alpha value is -2.96. The van der Waals surface area contributed by atoms with Gasteiger partial charge in [-0.05, 0) is 11.6 Å². The molecule has 4 aliphatic heterocycles. The smallest absolute Gasteiger partial charge is 0.264 e. The molecule has 8 rings (SSSR count). The number of hydrogen-bond donors (Lipinski definition) is 3. The molecule has 10 atom stereocenters. The second-order valence-electron chi connectivity index (χ2n) is 11.5. The first-order valence-electron chi connectivity index (χ1n) is 14.6. The predicted molar refractivity (Wildman–Crippen MR) is 160 cm³/mol. The Labute approximate surface area is 270 Å². The van der Waals surface area contributed by atoms with Crippen molar-refractivity contribution in [1.29, 1.82) is 0 Å². The number of fused-ring (bicyclic) bond motifs is 3. The molecular weight excluding hydrogens is 682 g/mol. The molecule has 4 radical (unpaired) electrons. The fourth-order valence-corrected chi connectivity index (χ4v) is 8.43. The van der Waals surface area contributed by atoms with Gasteiger partial charge in [0, 0.05) is 30.4 Å². The molecule has 8 heterocycles. The SMILES string of the molecule is [B]P1(=O)OC[C@H]2O[C@@H](n3cc(F)c4c(=O)[nH]cnc43)C(O)[C@H]2OP([B])(=O)OC[C@H]2O[C@@H](n3cc4c5c(ccnc53)NOCC4)[C@@H](F)C2O1. The number of aromatic nitrogens is 5.